The van der Waals surface area contributed by atoms with E-state index >= 15 is 0 Å². The third-order valence-corrected chi connectivity index (χ3v) is 5.09. The molecule has 3 nitrogen and oxygen atoms in total. The summed E-state index contributed by atoms with van der Waals surface area (Å²) >= 11 is 5.07. The lowest BCUT2D eigenvalue weighted by Crippen LogP contribution is -2.47. The fraction of sp³-hybridized carbons (Fsp3) is 0.615. The average molecular weight is 331 g/mol. The molecule has 100 valence electrons. The van der Waals surface area contributed by atoms with E-state index in [9.17, 15) is 4.79 Å². The van der Waals surface area contributed by atoms with Gasteiger partial charge in [0.25, 0.3) is 5.91 Å². The molecule has 1 aromatic heterocycles. The lowest BCUT2D eigenvalue weighted by Gasteiger charge is -2.32. The standard InChI is InChI=1S/C13H19BrN2OS/c1-3-16-6-4-5-10(8-16)15-13(17)11-7-9(2)18-12(11)14/h7,10H,3-6,8H2,1-2H3,(H,15,17)/t10-/m0/s1. The number of likely N-dealkylation sites (N-methyl/N-ethyl adjacent to an activating group) is 1. The van der Waals surface area contributed by atoms with Gasteiger partial charge in [-0.3, -0.25) is 4.79 Å². The van der Waals surface area contributed by atoms with Crippen LogP contribution in [0.15, 0.2) is 9.85 Å². The van der Waals surface area contributed by atoms with Crippen LogP contribution in [0.4, 0.5) is 0 Å². The van der Waals surface area contributed by atoms with Gasteiger partial charge < -0.3 is 10.2 Å². The predicted octanol–water partition coefficient (Wildman–Crippen LogP) is 3.03. The number of carbonyl (C=O) groups excluding carboxylic acids is 1. The number of rotatable bonds is 3. The molecular weight excluding hydrogens is 312 g/mol. The smallest absolute Gasteiger partial charge is 0.253 e. The molecule has 0 radical (unpaired) electrons. The largest absolute Gasteiger partial charge is 0.348 e. The van der Waals surface area contributed by atoms with Gasteiger partial charge >= 0.3 is 0 Å². The highest BCUT2D eigenvalue weighted by Gasteiger charge is 2.22. The van der Waals surface area contributed by atoms with Crippen LogP contribution in [0.25, 0.3) is 0 Å². The van der Waals surface area contributed by atoms with Crippen molar-refractivity contribution in [2.75, 3.05) is 19.6 Å². The first-order chi connectivity index (χ1) is 8.60. The third-order valence-electron chi connectivity index (χ3n) is 3.34. The highest BCUT2D eigenvalue weighted by molar-refractivity contribution is 9.11. The van der Waals surface area contributed by atoms with E-state index < -0.39 is 0 Å². The molecule has 2 rings (SSSR count). The van der Waals surface area contributed by atoms with E-state index in [4.69, 9.17) is 0 Å². The Balaban J connectivity index is 1.97. The van der Waals surface area contributed by atoms with Crippen molar-refractivity contribution in [3.05, 3.63) is 20.3 Å². The Morgan fingerprint density at radius 3 is 3.06 bits per heavy atom. The molecule has 2 heterocycles. The molecule has 0 bridgehead atoms. The first-order valence-electron chi connectivity index (χ1n) is 6.39. The van der Waals surface area contributed by atoms with Crippen LogP contribution in [0.5, 0.6) is 0 Å². The number of halogens is 1. The molecular formula is C13H19BrN2OS. The number of thiophene rings is 1. The molecule has 0 aromatic carbocycles. The zero-order valence-electron chi connectivity index (χ0n) is 10.8. The van der Waals surface area contributed by atoms with Crippen LogP contribution in [0.2, 0.25) is 0 Å². The summed E-state index contributed by atoms with van der Waals surface area (Å²) in [7, 11) is 0. The van der Waals surface area contributed by atoms with Gasteiger partial charge in [0.2, 0.25) is 0 Å². The van der Waals surface area contributed by atoms with Gasteiger partial charge in [-0.2, -0.15) is 0 Å². The Morgan fingerprint density at radius 2 is 2.44 bits per heavy atom. The lowest BCUT2D eigenvalue weighted by molar-refractivity contribution is 0.0905. The zero-order valence-corrected chi connectivity index (χ0v) is 13.2. The summed E-state index contributed by atoms with van der Waals surface area (Å²) in [6.07, 6.45) is 2.26. The third kappa shape index (κ3) is 3.33. The minimum absolute atomic E-state index is 0.0502. The fourth-order valence-electron chi connectivity index (χ4n) is 2.36. The van der Waals surface area contributed by atoms with E-state index in [-0.39, 0.29) is 5.91 Å². The number of nitrogens with zero attached hydrogens (tertiary/aromatic N) is 1. The van der Waals surface area contributed by atoms with Gasteiger partial charge in [-0.15, -0.1) is 11.3 Å². The summed E-state index contributed by atoms with van der Waals surface area (Å²) in [6, 6.07) is 2.24. The van der Waals surface area contributed by atoms with Crippen LogP contribution < -0.4 is 5.32 Å². The number of aryl methyl sites for hydroxylation is 1. The summed E-state index contributed by atoms with van der Waals surface area (Å²) in [5, 5.41) is 3.15. The Bertz CT molecular complexity index is 433. The van der Waals surface area contributed by atoms with Crippen molar-refractivity contribution in [2.45, 2.75) is 32.7 Å². The molecule has 0 spiro atoms. The number of hydrogen-bond acceptors (Lipinski definition) is 3. The Kier molecular flexibility index (Phi) is 4.81. The Labute approximate surface area is 121 Å². The van der Waals surface area contributed by atoms with Crippen molar-refractivity contribution in [3.8, 4) is 0 Å². The molecule has 1 fully saturated rings. The first kappa shape index (κ1) is 14.0. The van der Waals surface area contributed by atoms with Crippen LogP contribution in [0.1, 0.15) is 35.0 Å². The van der Waals surface area contributed by atoms with Crippen molar-refractivity contribution in [1.29, 1.82) is 0 Å². The number of amides is 1. The van der Waals surface area contributed by atoms with E-state index in [1.807, 2.05) is 13.0 Å². The number of likely N-dealkylation sites (tertiary alicyclic amines) is 1. The van der Waals surface area contributed by atoms with E-state index in [1.54, 1.807) is 11.3 Å². The number of piperidine rings is 1. The summed E-state index contributed by atoms with van der Waals surface area (Å²) in [5.74, 6) is 0.0502. The fourth-order valence-corrected chi connectivity index (χ4v) is 4.15. The maximum Gasteiger partial charge on any atom is 0.253 e. The molecule has 18 heavy (non-hydrogen) atoms. The average Bonchev–Trinajstić information content (AvgIpc) is 2.69. The summed E-state index contributed by atoms with van der Waals surface area (Å²) < 4.78 is 0.931. The van der Waals surface area contributed by atoms with Gasteiger partial charge in [-0.05, 0) is 54.9 Å². The minimum atomic E-state index is 0.0502. The molecule has 0 aliphatic carbocycles. The van der Waals surface area contributed by atoms with Gasteiger partial charge in [0.1, 0.15) is 0 Å². The van der Waals surface area contributed by atoms with Crippen LogP contribution in [0, 0.1) is 6.92 Å². The van der Waals surface area contributed by atoms with Crippen LogP contribution in [0.3, 0.4) is 0 Å². The topological polar surface area (TPSA) is 32.3 Å². The van der Waals surface area contributed by atoms with Crippen molar-refractivity contribution in [2.24, 2.45) is 0 Å². The quantitative estimate of drug-likeness (QED) is 0.923. The first-order valence-corrected chi connectivity index (χ1v) is 8.00. The van der Waals surface area contributed by atoms with E-state index in [2.05, 4.69) is 33.1 Å². The second-order valence-corrected chi connectivity index (χ2v) is 7.32. The highest BCUT2D eigenvalue weighted by Crippen LogP contribution is 2.27. The second-order valence-electron chi connectivity index (χ2n) is 4.75. The van der Waals surface area contributed by atoms with Crippen molar-refractivity contribution < 1.29 is 4.79 Å². The Morgan fingerprint density at radius 1 is 1.67 bits per heavy atom. The number of hydrogen-bond donors (Lipinski definition) is 1. The monoisotopic (exact) mass is 330 g/mol. The molecule has 0 unspecified atom stereocenters. The van der Waals surface area contributed by atoms with Crippen molar-refractivity contribution in [3.63, 3.8) is 0 Å². The molecule has 1 aromatic rings. The molecule has 1 aliphatic heterocycles. The summed E-state index contributed by atoms with van der Waals surface area (Å²) in [4.78, 5) is 15.7. The predicted molar refractivity (Wildman–Crippen MR) is 79.4 cm³/mol. The summed E-state index contributed by atoms with van der Waals surface area (Å²) in [6.45, 7) is 7.38. The van der Waals surface area contributed by atoms with E-state index in [0.717, 1.165) is 40.3 Å². The number of nitrogens with one attached hydrogen (secondary N) is 1. The van der Waals surface area contributed by atoms with Crippen LogP contribution in [-0.4, -0.2) is 36.5 Å². The molecule has 1 saturated heterocycles. The lowest BCUT2D eigenvalue weighted by atomic mass is 10.1. The van der Waals surface area contributed by atoms with Crippen LogP contribution >= 0.6 is 27.3 Å². The maximum absolute atomic E-state index is 12.2. The second kappa shape index (κ2) is 6.17. The molecule has 1 N–H and O–H groups in total. The minimum Gasteiger partial charge on any atom is -0.348 e. The van der Waals surface area contributed by atoms with Gasteiger partial charge in [-0.1, -0.05) is 6.92 Å². The van der Waals surface area contributed by atoms with Crippen molar-refractivity contribution >= 4 is 33.2 Å². The summed E-state index contributed by atoms with van der Waals surface area (Å²) in [5.41, 5.74) is 0.770. The van der Waals surface area contributed by atoms with Gasteiger partial charge in [-0.25, -0.2) is 0 Å². The molecule has 1 amide bonds. The van der Waals surface area contributed by atoms with Crippen molar-refractivity contribution in [1.82, 2.24) is 10.2 Å². The highest BCUT2D eigenvalue weighted by atomic mass is 79.9. The molecule has 1 atom stereocenters. The zero-order chi connectivity index (χ0) is 13.1. The molecule has 0 saturated carbocycles. The Hall–Kier alpha value is -0.390. The maximum atomic E-state index is 12.2. The SMILES string of the molecule is CCN1CCC[C@H](NC(=O)c2cc(C)sc2Br)C1. The van der Waals surface area contributed by atoms with Gasteiger partial charge in [0.05, 0.1) is 9.35 Å². The normalized spacial score (nSPS) is 20.9. The van der Waals surface area contributed by atoms with E-state index in [1.165, 1.54) is 6.42 Å². The van der Waals surface area contributed by atoms with Crippen LogP contribution in [-0.2, 0) is 0 Å². The van der Waals surface area contributed by atoms with Gasteiger partial charge in [0.15, 0.2) is 0 Å². The molecule has 1 aliphatic rings. The van der Waals surface area contributed by atoms with Gasteiger partial charge in [0, 0.05) is 17.5 Å². The molecule has 5 heteroatoms. The van der Waals surface area contributed by atoms with E-state index in [0.29, 0.717) is 6.04 Å². The number of carbonyl (C=O) groups is 1.